The van der Waals surface area contributed by atoms with Gasteiger partial charge in [0, 0.05) is 17.7 Å². The molecule has 0 aliphatic carbocycles. The van der Waals surface area contributed by atoms with Crippen LogP contribution in [0.15, 0.2) is 66.7 Å². The van der Waals surface area contributed by atoms with Gasteiger partial charge in [-0.2, -0.15) is 0 Å². The number of rotatable bonds is 8. The molecule has 0 spiro atoms. The van der Waals surface area contributed by atoms with Crippen molar-refractivity contribution in [2.24, 2.45) is 5.73 Å². The lowest BCUT2D eigenvalue weighted by molar-refractivity contribution is -0.110. The van der Waals surface area contributed by atoms with E-state index in [4.69, 9.17) is 10.8 Å². The number of nitrogens with zero attached hydrogens (tertiary/aromatic N) is 1. The molecule has 4 rings (SSSR count). The van der Waals surface area contributed by atoms with Crippen molar-refractivity contribution in [3.05, 3.63) is 89.0 Å². The number of phenols is 1. The van der Waals surface area contributed by atoms with Crippen molar-refractivity contribution >= 4 is 18.3 Å². The average Bonchev–Trinajstić information content (AvgIpc) is 3.39. The zero-order valence-electron chi connectivity index (χ0n) is 20.2. The highest BCUT2D eigenvalue weighted by molar-refractivity contribution is 5.93. The van der Waals surface area contributed by atoms with E-state index in [0.717, 1.165) is 36.3 Å². The van der Waals surface area contributed by atoms with Crippen LogP contribution in [0.3, 0.4) is 0 Å². The fraction of sp³-hybridized carbons (Fsp3) is 0.250. The number of carboxylic acids is 1. The Morgan fingerprint density at radius 3 is 2.17 bits per heavy atom. The number of likely N-dealkylation sites (tertiary alicyclic amines) is 1. The largest absolute Gasteiger partial charge is 0.507 e. The first kappa shape index (κ1) is 26.4. The average molecular weight is 490 g/mol. The SMILES string of the molecule is CC(NC=O)c1ccc(C(=O)O)cc1.NC(=O)c1ccc(-c2cc(CN3CCCC3)ccc2O)cc1. The number of aromatic hydroxyl groups is 1. The van der Waals surface area contributed by atoms with Gasteiger partial charge in [-0.25, -0.2) is 4.79 Å². The molecule has 1 aliphatic rings. The molecular weight excluding hydrogens is 458 g/mol. The second-order valence-corrected chi connectivity index (χ2v) is 8.71. The number of carboxylic acid groups (broad SMARTS) is 1. The summed E-state index contributed by atoms with van der Waals surface area (Å²) in [4.78, 5) is 34.2. The molecule has 0 aromatic heterocycles. The van der Waals surface area contributed by atoms with Crippen molar-refractivity contribution in [2.45, 2.75) is 32.4 Å². The second kappa shape index (κ2) is 12.5. The first-order chi connectivity index (χ1) is 17.3. The van der Waals surface area contributed by atoms with Gasteiger partial charge in [0.05, 0.1) is 11.6 Å². The molecule has 1 fully saturated rings. The zero-order valence-corrected chi connectivity index (χ0v) is 20.2. The van der Waals surface area contributed by atoms with Crippen molar-refractivity contribution in [2.75, 3.05) is 13.1 Å². The van der Waals surface area contributed by atoms with E-state index in [-0.39, 0.29) is 17.4 Å². The number of amides is 2. The molecule has 1 aliphatic heterocycles. The molecule has 1 unspecified atom stereocenters. The fourth-order valence-corrected chi connectivity index (χ4v) is 4.04. The lowest BCUT2D eigenvalue weighted by Crippen LogP contribution is -2.18. The normalized spacial score (nSPS) is 13.8. The molecule has 2 amide bonds. The Morgan fingerprint density at radius 1 is 1.00 bits per heavy atom. The van der Waals surface area contributed by atoms with Crippen LogP contribution in [0.5, 0.6) is 5.75 Å². The Balaban J connectivity index is 0.000000223. The quantitative estimate of drug-likeness (QED) is 0.354. The summed E-state index contributed by atoms with van der Waals surface area (Å²) in [5, 5.41) is 21.4. The van der Waals surface area contributed by atoms with Crippen LogP contribution in [0, 0.1) is 0 Å². The summed E-state index contributed by atoms with van der Waals surface area (Å²) in [6, 6.07) is 19.0. The summed E-state index contributed by atoms with van der Waals surface area (Å²) in [6.07, 6.45) is 3.15. The number of aromatic carboxylic acids is 1. The maximum Gasteiger partial charge on any atom is 0.335 e. The Kier molecular flexibility index (Phi) is 9.19. The molecule has 1 atom stereocenters. The Labute approximate surface area is 210 Å². The summed E-state index contributed by atoms with van der Waals surface area (Å²) in [5.74, 6) is -1.15. The number of carbonyl (C=O) groups is 3. The Morgan fingerprint density at radius 2 is 1.61 bits per heavy atom. The number of nitrogens with one attached hydrogen (secondary N) is 1. The maximum atomic E-state index is 11.1. The van der Waals surface area contributed by atoms with E-state index in [9.17, 15) is 19.5 Å². The first-order valence-corrected chi connectivity index (χ1v) is 11.8. The van der Waals surface area contributed by atoms with Gasteiger partial charge in [0.1, 0.15) is 5.75 Å². The van der Waals surface area contributed by atoms with Gasteiger partial charge in [-0.05, 0) is 85.9 Å². The summed E-state index contributed by atoms with van der Waals surface area (Å²) < 4.78 is 0. The molecular formula is C28H31N3O5. The van der Waals surface area contributed by atoms with Crippen LogP contribution in [-0.4, -0.2) is 46.5 Å². The minimum Gasteiger partial charge on any atom is -0.507 e. The van der Waals surface area contributed by atoms with E-state index in [1.165, 1.54) is 30.5 Å². The van der Waals surface area contributed by atoms with Crippen molar-refractivity contribution in [1.29, 1.82) is 0 Å². The van der Waals surface area contributed by atoms with Crippen LogP contribution < -0.4 is 11.1 Å². The number of nitrogens with two attached hydrogens (primary N) is 1. The molecule has 5 N–H and O–H groups in total. The van der Waals surface area contributed by atoms with Crippen molar-refractivity contribution in [3.63, 3.8) is 0 Å². The van der Waals surface area contributed by atoms with E-state index in [2.05, 4.69) is 10.2 Å². The first-order valence-electron chi connectivity index (χ1n) is 11.8. The van der Waals surface area contributed by atoms with Crippen LogP contribution in [0.1, 0.15) is 57.7 Å². The van der Waals surface area contributed by atoms with E-state index in [1.54, 1.807) is 30.3 Å². The Bertz CT molecular complexity index is 1190. The van der Waals surface area contributed by atoms with Gasteiger partial charge in [-0.15, -0.1) is 0 Å². The second-order valence-electron chi connectivity index (χ2n) is 8.71. The molecule has 3 aromatic rings. The fourth-order valence-electron chi connectivity index (χ4n) is 4.04. The molecule has 1 heterocycles. The molecule has 0 bridgehead atoms. The number of hydrogen-bond donors (Lipinski definition) is 4. The predicted molar refractivity (Wildman–Crippen MR) is 138 cm³/mol. The highest BCUT2D eigenvalue weighted by Gasteiger charge is 2.13. The van der Waals surface area contributed by atoms with Crippen molar-refractivity contribution in [1.82, 2.24) is 10.2 Å². The minimum atomic E-state index is -0.951. The number of carbonyl (C=O) groups excluding carboxylic acids is 2. The molecule has 1 saturated heterocycles. The molecule has 8 nitrogen and oxygen atoms in total. The van der Waals surface area contributed by atoms with E-state index in [1.807, 2.05) is 31.2 Å². The molecule has 36 heavy (non-hydrogen) atoms. The van der Waals surface area contributed by atoms with Crippen molar-refractivity contribution < 1.29 is 24.6 Å². The number of phenolic OH excluding ortho intramolecular Hbond substituents is 1. The highest BCUT2D eigenvalue weighted by atomic mass is 16.4. The lowest BCUT2D eigenvalue weighted by atomic mass is 10.0. The van der Waals surface area contributed by atoms with Gasteiger partial charge in [-0.1, -0.05) is 30.3 Å². The van der Waals surface area contributed by atoms with Gasteiger partial charge >= 0.3 is 5.97 Å². The van der Waals surface area contributed by atoms with E-state index >= 15 is 0 Å². The van der Waals surface area contributed by atoms with Gasteiger partial charge < -0.3 is 21.3 Å². The van der Waals surface area contributed by atoms with Crippen LogP contribution in [0.25, 0.3) is 11.1 Å². The smallest absolute Gasteiger partial charge is 0.335 e. The predicted octanol–water partition coefficient (Wildman–Crippen LogP) is 3.95. The Hall–Kier alpha value is -4.17. The lowest BCUT2D eigenvalue weighted by Gasteiger charge is -2.16. The van der Waals surface area contributed by atoms with Crippen LogP contribution >= 0.6 is 0 Å². The monoisotopic (exact) mass is 489 g/mol. The van der Waals surface area contributed by atoms with Crippen LogP contribution in [0.2, 0.25) is 0 Å². The summed E-state index contributed by atoms with van der Waals surface area (Å²) in [5.41, 5.74) is 9.70. The van der Waals surface area contributed by atoms with E-state index in [0.29, 0.717) is 12.0 Å². The van der Waals surface area contributed by atoms with Gasteiger partial charge in [0.25, 0.3) is 0 Å². The van der Waals surface area contributed by atoms with E-state index < -0.39 is 11.9 Å². The zero-order chi connectivity index (χ0) is 26.1. The van der Waals surface area contributed by atoms with Crippen LogP contribution in [0.4, 0.5) is 0 Å². The molecule has 0 saturated carbocycles. The van der Waals surface area contributed by atoms with Gasteiger partial charge in [-0.3, -0.25) is 14.5 Å². The molecule has 3 aromatic carbocycles. The standard InChI is InChI=1S/C18H20N2O2.C10H11NO3/c19-18(22)15-6-4-14(5-7-15)16-11-13(3-8-17(16)21)12-20-9-1-2-10-20;1-7(11-6-12)8-2-4-9(5-3-8)10(13)14/h3-8,11,21H,1-2,9-10,12H2,(H2,19,22);2-7H,1H3,(H,11,12)(H,13,14). The van der Waals surface area contributed by atoms with Crippen LogP contribution in [-0.2, 0) is 11.3 Å². The highest BCUT2D eigenvalue weighted by Crippen LogP contribution is 2.31. The number of hydrogen-bond acceptors (Lipinski definition) is 5. The molecule has 188 valence electrons. The maximum absolute atomic E-state index is 11.1. The summed E-state index contributed by atoms with van der Waals surface area (Å²) in [7, 11) is 0. The minimum absolute atomic E-state index is 0.102. The third-order valence-electron chi connectivity index (χ3n) is 6.12. The molecule has 0 radical (unpaired) electrons. The third-order valence-corrected chi connectivity index (χ3v) is 6.12. The summed E-state index contributed by atoms with van der Waals surface area (Å²) >= 11 is 0. The van der Waals surface area contributed by atoms with Crippen molar-refractivity contribution in [3.8, 4) is 16.9 Å². The van der Waals surface area contributed by atoms with Gasteiger partial charge in [0.15, 0.2) is 0 Å². The molecule has 8 heteroatoms. The summed E-state index contributed by atoms with van der Waals surface area (Å²) in [6.45, 7) is 5.02. The number of benzene rings is 3. The third kappa shape index (κ3) is 7.16. The number of primary amides is 1. The van der Waals surface area contributed by atoms with Gasteiger partial charge in [0.2, 0.25) is 12.3 Å². The topological polar surface area (TPSA) is 133 Å².